The van der Waals surface area contributed by atoms with E-state index in [-0.39, 0.29) is 17.7 Å². The summed E-state index contributed by atoms with van der Waals surface area (Å²) in [4.78, 5) is 13.6. The Hall–Kier alpha value is -1.55. The largest absolute Gasteiger partial charge is 0.508 e. The van der Waals surface area contributed by atoms with Crippen molar-refractivity contribution < 1.29 is 9.90 Å². The van der Waals surface area contributed by atoms with Crippen LogP contribution in [0.25, 0.3) is 0 Å². The molecule has 2 rings (SSSR count). The molecule has 1 aliphatic rings. The predicted molar refractivity (Wildman–Crippen MR) is 56.6 cm³/mol. The molecule has 4 nitrogen and oxygen atoms in total. The summed E-state index contributed by atoms with van der Waals surface area (Å²) in [7, 11) is 0. The molecule has 1 saturated heterocycles. The average molecular weight is 206 g/mol. The number of nitrogens with zero attached hydrogens (tertiary/aromatic N) is 1. The molecule has 0 spiro atoms. The first-order valence-corrected chi connectivity index (χ1v) is 5.00. The number of hydrogen-bond donors (Lipinski definition) is 2. The fraction of sp³-hybridized carbons (Fsp3) is 0.364. The van der Waals surface area contributed by atoms with Crippen molar-refractivity contribution in [1.29, 1.82) is 0 Å². The van der Waals surface area contributed by atoms with E-state index in [1.165, 1.54) is 12.1 Å². The number of rotatable bonds is 1. The van der Waals surface area contributed by atoms with Gasteiger partial charge in [0.1, 0.15) is 5.75 Å². The second-order valence-electron chi connectivity index (χ2n) is 3.85. The van der Waals surface area contributed by atoms with Crippen molar-refractivity contribution in [2.75, 3.05) is 13.1 Å². The summed E-state index contributed by atoms with van der Waals surface area (Å²) in [6.07, 6.45) is 0.865. The van der Waals surface area contributed by atoms with Gasteiger partial charge in [0, 0.05) is 24.7 Å². The number of aromatic hydroxyl groups is 1. The zero-order valence-electron chi connectivity index (χ0n) is 8.39. The highest BCUT2D eigenvalue weighted by molar-refractivity contribution is 5.94. The number of hydrogen-bond acceptors (Lipinski definition) is 3. The predicted octanol–water partition coefficient (Wildman–Crippen LogP) is 0.565. The van der Waals surface area contributed by atoms with Gasteiger partial charge in [-0.3, -0.25) is 4.79 Å². The van der Waals surface area contributed by atoms with Crippen molar-refractivity contribution in [1.82, 2.24) is 4.90 Å². The summed E-state index contributed by atoms with van der Waals surface area (Å²) in [6.45, 7) is 1.35. The van der Waals surface area contributed by atoms with Gasteiger partial charge in [0.05, 0.1) is 0 Å². The minimum atomic E-state index is -0.0112. The van der Waals surface area contributed by atoms with Gasteiger partial charge in [-0.05, 0) is 30.7 Å². The lowest BCUT2D eigenvalue weighted by molar-refractivity contribution is 0.0791. The molecule has 1 fully saturated rings. The van der Waals surface area contributed by atoms with E-state index in [9.17, 15) is 4.79 Å². The lowest BCUT2D eigenvalue weighted by Crippen LogP contribution is -2.31. The second kappa shape index (κ2) is 3.90. The Bertz CT molecular complexity index is 361. The molecule has 1 heterocycles. The van der Waals surface area contributed by atoms with Crippen LogP contribution in [0.2, 0.25) is 0 Å². The van der Waals surface area contributed by atoms with Crippen LogP contribution in [0, 0.1) is 0 Å². The van der Waals surface area contributed by atoms with E-state index in [0.29, 0.717) is 12.1 Å². The van der Waals surface area contributed by atoms with E-state index in [1.54, 1.807) is 17.0 Å². The Labute approximate surface area is 88.3 Å². The Balaban J connectivity index is 2.11. The van der Waals surface area contributed by atoms with Crippen LogP contribution in [0.5, 0.6) is 5.75 Å². The number of phenolic OH excluding ortho intramolecular Hbond substituents is 1. The number of carbonyl (C=O) groups excluding carboxylic acids is 1. The number of carbonyl (C=O) groups is 1. The highest BCUT2D eigenvalue weighted by Gasteiger charge is 2.24. The third-order valence-corrected chi connectivity index (χ3v) is 2.63. The summed E-state index contributed by atoms with van der Waals surface area (Å²) in [5.41, 5.74) is 6.33. The Morgan fingerprint density at radius 2 is 2.07 bits per heavy atom. The maximum absolute atomic E-state index is 11.9. The van der Waals surface area contributed by atoms with E-state index in [1.807, 2.05) is 0 Å². The standard InChI is InChI=1S/C11H14N2O2/c12-9-5-6-13(7-9)11(15)8-1-3-10(14)4-2-8/h1-4,9,14H,5-7,12H2/t9-/m0/s1. The van der Waals surface area contributed by atoms with Crippen LogP contribution in [-0.4, -0.2) is 35.0 Å². The van der Waals surface area contributed by atoms with E-state index in [4.69, 9.17) is 10.8 Å². The molecular weight excluding hydrogens is 192 g/mol. The van der Waals surface area contributed by atoms with Gasteiger partial charge in [-0.1, -0.05) is 0 Å². The quantitative estimate of drug-likeness (QED) is 0.705. The maximum Gasteiger partial charge on any atom is 0.253 e. The van der Waals surface area contributed by atoms with Crippen LogP contribution in [0.1, 0.15) is 16.8 Å². The number of phenols is 1. The average Bonchev–Trinajstić information content (AvgIpc) is 2.65. The summed E-state index contributed by atoms with van der Waals surface area (Å²) in [5, 5.41) is 9.10. The van der Waals surface area contributed by atoms with Crippen LogP contribution in [0.3, 0.4) is 0 Å². The van der Waals surface area contributed by atoms with Crippen LogP contribution in [0.4, 0.5) is 0 Å². The molecule has 0 bridgehead atoms. The molecule has 80 valence electrons. The molecule has 1 aromatic rings. The fourth-order valence-corrected chi connectivity index (χ4v) is 1.76. The number of benzene rings is 1. The van der Waals surface area contributed by atoms with Gasteiger partial charge in [-0.2, -0.15) is 0 Å². The monoisotopic (exact) mass is 206 g/mol. The van der Waals surface area contributed by atoms with E-state index in [2.05, 4.69) is 0 Å². The minimum Gasteiger partial charge on any atom is -0.508 e. The Morgan fingerprint density at radius 1 is 1.40 bits per heavy atom. The van der Waals surface area contributed by atoms with Crippen molar-refractivity contribution in [3.05, 3.63) is 29.8 Å². The highest BCUT2D eigenvalue weighted by Crippen LogP contribution is 2.15. The van der Waals surface area contributed by atoms with Crippen molar-refractivity contribution in [2.45, 2.75) is 12.5 Å². The van der Waals surface area contributed by atoms with Gasteiger partial charge in [0.15, 0.2) is 0 Å². The normalized spacial score (nSPS) is 20.6. The number of amides is 1. The first-order chi connectivity index (χ1) is 7.16. The second-order valence-corrected chi connectivity index (χ2v) is 3.85. The molecule has 3 N–H and O–H groups in total. The summed E-state index contributed by atoms with van der Waals surface area (Å²) >= 11 is 0. The van der Waals surface area contributed by atoms with Gasteiger partial charge < -0.3 is 15.7 Å². The van der Waals surface area contributed by atoms with Crippen LogP contribution in [0.15, 0.2) is 24.3 Å². The molecular formula is C11H14N2O2. The number of nitrogens with two attached hydrogens (primary N) is 1. The van der Waals surface area contributed by atoms with Crippen LogP contribution >= 0.6 is 0 Å². The lowest BCUT2D eigenvalue weighted by Gasteiger charge is -2.15. The van der Waals surface area contributed by atoms with Gasteiger partial charge in [-0.25, -0.2) is 0 Å². The van der Waals surface area contributed by atoms with E-state index >= 15 is 0 Å². The Kier molecular flexibility index (Phi) is 2.60. The third kappa shape index (κ3) is 2.10. The van der Waals surface area contributed by atoms with Crippen molar-refractivity contribution in [2.24, 2.45) is 5.73 Å². The minimum absolute atomic E-state index is 0.0112. The van der Waals surface area contributed by atoms with Crippen LogP contribution in [-0.2, 0) is 0 Å². The summed E-state index contributed by atoms with van der Waals surface area (Å²) < 4.78 is 0. The van der Waals surface area contributed by atoms with Crippen molar-refractivity contribution in [3.63, 3.8) is 0 Å². The summed E-state index contributed by atoms with van der Waals surface area (Å²) in [6, 6.07) is 6.39. The van der Waals surface area contributed by atoms with Gasteiger partial charge >= 0.3 is 0 Å². The molecule has 4 heteroatoms. The molecule has 1 aromatic carbocycles. The molecule has 1 amide bonds. The van der Waals surface area contributed by atoms with Crippen molar-refractivity contribution in [3.8, 4) is 5.75 Å². The zero-order valence-corrected chi connectivity index (χ0v) is 8.39. The maximum atomic E-state index is 11.9. The highest BCUT2D eigenvalue weighted by atomic mass is 16.3. The summed E-state index contributed by atoms with van der Waals surface area (Å²) in [5.74, 6) is 0.160. The third-order valence-electron chi connectivity index (χ3n) is 2.63. The molecule has 0 saturated carbocycles. The SMILES string of the molecule is N[C@H]1CCN(C(=O)c2ccc(O)cc2)C1. The topological polar surface area (TPSA) is 66.6 Å². The molecule has 0 unspecified atom stereocenters. The van der Waals surface area contributed by atoms with Gasteiger partial charge in [-0.15, -0.1) is 0 Å². The fourth-order valence-electron chi connectivity index (χ4n) is 1.76. The first-order valence-electron chi connectivity index (χ1n) is 5.00. The molecule has 0 radical (unpaired) electrons. The molecule has 15 heavy (non-hydrogen) atoms. The molecule has 0 aromatic heterocycles. The van der Waals surface area contributed by atoms with Gasteiger partial charge in [0.2, 0.25) is 0 Å². The zero-order chi connectivity index (χ0) is 10.8. The smallest absolute Gasteiger partial charge is 0.253 e. The van der Waals surface area contributed by atoms with Gasteiger partial charge in [0.25, 0.3) is 5.91 Å². The number of likely N-dealkylation sites (tertiary alicyclic amines) is 1. The lowest BCUT2D eigenvalue weighted by atomic mass is 10.2. The van der Waals surface area contributed by atoms with Crippen LogP contribution < -0.4 is 5.73 Å². The molecule has 0 aliphatic carbocycles. The molecule has 1 atom stereocenters. The Morgan fingerprint density at radius 3 is 2.60 bits per heavy atom. The molecule has 1 aliphatic heterocycles. The van der Waals surface area contributed by atoms with E-state index in [0.717, 1.165) is 13.0 Å². The van der Waals surface area contributed by atoms with E-state index < -0.39 is 0 Å². The first kappa shape index (κ1) is 9.98. The van der Waals surface area contributed by atoms with Crippen molar-refractivity contribution >= 4 is 5.91 Å².